The Morgan fingerprint density at radius 1 is 0.920 bits per heavy atom. The molecule has 1 atom stereocenters. The Hall–Kier alpha value is -2.78. The maximum atomic E-state index is 10.9. The Kier molecular flexibility index (Phi) is 5.36. The second-order valence-electron chi connectivity index (χ2n) is 5.99. The number of aliphatic hydroxyl groups is 1. The number of ether oxygens (including phenoxy) is 2. The molecule has 3 heteroatoms. The first kappa shape index (κ1) is 17.1. The van der Waals surface area contributed by atoms with Crippen molar-refractivity contribution in [1.82, 2.24) is 0 Å². The molecule has 0 fully saturated rings. The van der Waals surface area contributed by atoms with Gasteiger partial charge in [-0.2, -0.15) is 0 Å². The summed E-state index contributed by atoms with van der Waals surface area (Å²) in [7, 11) is 1.62. The van der Waals surface area contributed by atoms with E-state index in [0.29, 0.717) is 12.4 Å². The van der Waals surface area contributed by atoms with Crippen molar-refractivity contribution >= 4 is 0 Å². The largest absolute Gasteiger partial charge is 0.497 e. The van der Waals surface area contributed by atoms with E-state index in [4.69, 9.17) is 9.47 Å². The van der Waals surface area contributed by atoms with E-state index in [1.807, 2.05) is 79.7 Å². The summed E-state index contributed by atoms with van der Waals surface area (Å²) >= 11 is 0. The van der Waals surface area contributed by atoms with Gasteiger partial charge in [0.1, 0.15) is 24.2 Å². The smallest absolute Gasteiger partial charge is 0.125 e. The second-order valence-corrected chi connectivity index (χ2v) is 5.99. The minimum Gasteiger partial charge on any atom is -0.497 e. The van der Waals surface area contributed by atoms with Crippen LogP contribution in [0, 0.1) is 6.92 Å². The van der Waals surface area contributed by atoms with Gasteiger partial charge >= 0.3 is 0 Å². The standard InChI is InChI=1S/C22H22O3/c1-16-11-12-21(25-15-17-7-4-3-5-8-17)20(13-16)22(23)18-9-6-10-19(14-18)24-2/h3-14,22-23H,15H2,1-2H3. The van der Waals surface area contributed by atoms with E-state index >= 15 is 0 Å². The van der Waals surface area contributed by atoms with Crippen LogP contribution in [0.5, 0.6) is 11.5 Å². The van der Waals surface area contributed by atoms with Gasteiger partial charge in [0.2, 0.25) is 0 Å². The van der Waals surface area contributed by atoms with Crippen molar-refractivity contribution in [2.45, 2.75) is 19.6 Å². The number of hydrogen-bond donors (Lipinski definition) is 1. The summed E-state index contributed by atoms with van der Waals surface area (Å²) in [5.74, 6) is 1.40. The van der Waals surface area contributed by atoms with Crippen molar-refractivity contribution < 1.29 is 14.6 Å². The Labute approximate surface area is 148 Å². The molecule has 3 aromatic carbocycles. The first-order chi connectivity index (χ1) is 12.2. The fourth-order valence-electron chi connectivity index (χ4n) is 2.74. The molecule has 3 rings (SSSR count). The average Bonchev–Trinajstić information content (AvgIpc) is 2.67. The molecule has 1 N–H and O–H groups in total. The lowest BCUT2D eigenvalue weighted by Gasteiger charge is -2.18. The molecule has 0 saturated carbocycles. The molecule has 3 nitrogen and oxygen atoms in total. The molecule has 25 heavy (non-hydrogen) atoms. The highest BCUT2D eigenvalue weighted by Crippen LogP contribution is 2.32. The van der Waals surface area contributed by atoms with E-state index in [1.54, 1.807) is 7.11 Å². The van der Waals surface area contributed by atoms with E-state index in [9.17, 15) is 5.11 Å². The summed E-state index contributed by atoms with van der Waals surface area (Å²) < 4.78 is 11.2. The highest BCUT2D eigenvalue weighted by Gasteiger charge is 2.17. The van der Waals surface area contributed by atoms with Gasteiger partial charge in [-0.3, -0.25) is 0 Å². The van der Waals surface area contributed by atoms with E-state index < -0.39 is 6.10 Å². The third kappa shape index (κ3) is 4.20. The van der Waals surface area contributed by atoms with E-state index in [-0.39, 0.29) is 0 Å². The van der Waals surface area contributed by atoms with E-state index in [0.717, 1.165) is 28.0 Å². The van der Waals surface area contributed by atoms with Gasteiger partial charge in [-0.1, -0.05) is 54.1 Å². The van der Waals surface area contributed by atoms with Crippen LogP contribution in [0.2, 0.25) is 0 Å². The second kappa shape index (κ2) is 7.86. The minimum atomic E-state index is -0.777. The molecular formula is C22H22O3. The van der Waals surface area contributed by atoms with Crippen LogP contribution in [0.1, 0.15) is 28.4 Å². The zero-order valence-electron chi connectivity index (χ0n) is 14.5. The normalized spacial score (nSPS) is 11.8. The molecule has 128 valence electrons. The van der Waals surface area contributed by atoms with Crippen LogP contribution in [0.3, 0.4) is 0 Å². The molecule has 1 unspecified atom stereocenters. The number of benzene rings is 3. The van der Waals surface area contributed by atoms with Gasteiger partial charge in [-0.15, -0.1) is 0 Å². The van der Waals surface area contributed by atoms with Crippen LogP contribution in [-0.4, -0.2) is 12.2 Å². The summed E-state index contributed by atoms with van der Waals surface area (Å²) in [5, 5.41) is 10.9. The predicted octanol–water partition coefficient (Wildman–Crippen LogP) is 4.66. The van der Waals surface area contributed by atoms with E-state index in [1.165, 1.54) is 0 Å². The van der Waals surface area contributed by atoms with Gasteiger partial charge in [0.25, 0.3) is 0 Å². The number of methoxy groups -OCH3 is 1. The molecule has 0 aliphatic carbocycles. The molecule has 0 aliphatic heterocycles. The summed E-state index contributed by atoms with van der Waals surface area (Å²) in [6, 6.07) is 23.3. The molecule has 0 aliphatic rings. The fourth-order valence-corrected chi connectivity index (χ4v) is 2.74. The monoisotopic (exact) mass is 334 g/mol. The zero-order valence-corrected chi connectivity index (χ0v) is 14.5. The van der Waals surface area contributed by atoms with Crippen molar-refractivity contribution in [2.24, 2.45) is 0 Å². The number of hydrogen-bond acceptors (Lipinski definition) is 3. The lowest BCUT2D eigenvalue weighted by atomic mass is 9.99. The van der Waals surface area contributed by atoms with E-state index in [2.05, 4.69) is 0 Å². The van der Waals surface area contributed by atoms with Crippen molar-refractivity contribution in [2.75, 3.05) is 7.11 Å². The number of aryl methyl sites for hydroxylation is 1. The van der Waals surface area contributed by atoms with Crippen LogP contribution < -0.4 is 9.47 Å². The number of rotatable bonds is 6. The van der Waals surface area contributed by atoms with Gasteiger partial charge < -0.3 is 14.6 Å². The SMILES string of the molecule is COc1cccc(C(O)c2cc(C)ccc2OCc2ccccc2)c1. The van der Waals surface area contributed by atoms with Gasteiger partial charge in [0.15, 0.2) is 0 Å². The highest BCUT2D eigenvalue weighted by molar-refractivity contribution is 5.44. The van der Waals surface area contributed by atoms with Crippen molar-refractivity contribution in [3.05, 3.63) is 95.1 Å². The molecule has 0 spiro atoms. The third-order valence-corrected chi connectivity index (χ3v) is 4.11. The summed E-state index contributed by atoms with van der Waals surface area (Å²) in [4.78, 5) is 0. The summed E-state index contributed by atoms with van der Waals surface area (Å²) in [6.45, 7) is 2.46. The Balaban J connectivity index is 1.87. The predicted molar refractivity (Wildman–Crippen MR) is 99.0 cm³/mol. The highest BCUT2D eigenvalue weighted by atomic mass is 16.5. The zero-order chi connectivity index (χ0) is 17.6. The van der Waals surface area contributed by atoms with Crippen molar-refractivity contribution in [3.63, 3.8) is 0 Å². The molecule has 0 bridgehead atoms. The topological polar surface area (TPSA) is 38.7 Å². The molecule has 0 radical (unpaired) electrons. The van der Waals surface area contributed by atoms with Crippen LogP contribution in [0.4, 0.5) is 0 Å². The van der Waals surface area contributed by atoms with Crippen LogP contribution >= 0.6 is 0 Å². The van der Waals surface area contributed by atoms with Gasteiger partial charge in [0.05, 0.1) is 7.11 Å². The molecule has 3 aromatic rings. The first-order valence-electron chi connectivity index (χ1n) is 8.26. The Morgan fingerprint density at radius 2 is 1.72 bits per heavy atom. The maximum absolute atomic E-state index is 10.9. The first-order valence-corrected chi connectivity index (χ1v) is 8.26. The van der Waals surface area contributed by atoms with Crippen LogP contribution in [0.15, 0.2) is 72.8 Å². The molecule has 0 saturated heterocycles. The Bertz CT molecular complexity index is 828. The molecule has 0 amide bonds. The summed E-state index contributed by atoms with van der Waals surface area (Å²) in [5.41, 5.74) is 3.69. The van der Waals surface area contributed by atoms with Gasteiger partial charge in [-0.25, -0.2) is 0 Å². The quantitative estimate of drug-likeness (QED) is 0.712. The molecule has 0 heterocycles. The molecule has 0 aromatic heterocycles. The molecular weight excluding hydrogens is 312 g/mol. The van der Waals surface area contributed by atoms with Crippen molar-refractivity contribution in [1.29, 1.82) is 0 Å². The summed E-state index contributed by atoms with van der Waals surface area (Å²) in [6.07, 6.45) is -0.777. The number of aliphatic hydroxyl groups excluding tert-OH is 1. The van der Waals surface area contributed by atoms with Crippen LogP contribution in [0.25, 0.3) is 0 Å². The third-order valence-electron chi connectivity index (χ3n) is 4.11. The van der Waals surface area contributed by atoms with Gasteiger partial charge in [-0.05, 0) is 42.3 Å². The lowest BCUT2D eigenvalue weighted by Crippen LogP contribution is -2.05. The Morgan fingerprint density at radius 3 is 2.48 bits per heavy atom. The lowest BCUT2D eigenvalue weighted by molar-refractivity contribution is 0.208. The average molecular weight is 334 g/mol. The minimum absolute atomic E-state index is 0.460. The maximum Gasteiger partial charge on any atom is 0.125 e. The van der Waals surface area contributed by atoms with Crippen LogP contribution in [-0.2, 0) is 6.61 Å². The fraction of sp³-hybridized carbons (Fsp3) is 0.182. The van der Waals surface area contributed by atoms with Gasteiger partial charge in [0, 0.05) is 5.56 Å². The van der Waals surface area contributed by atoms with Crippen molar-refractivity contribution in [3.8, 4) is 11.5 Å².